The zero-order chi connectivity index (χ0) is 13.0. The lowest BCUT2D eigenvalue weighted by molar-refractivity contribution is 1.06. The van der Waals surface area contributed by atoms with Gasteiger partial charge in [0.25, 0.3) is 0 Å². The predicted molar refractivity (Wildman–Crippen MR) is 75.4 cm³/mol. The van der Waals surface area contributed by atoms with E-state index in [-0.39, 0.29) is 0 Å². The van der Waals surface area contributed by atoms with Gasteiger partial charge in [0, 0.05) is 19.3 Å². The maximum Gasteiger partial charge on any atom is 0.153 e. The summed E-state index contributed by atoms with van der Waals surface area (Å²) < 4.78 is 0. The van der Waals surface area contributed by atoms with Crippen molar-refractivity contribution < 1.29 is 0 Å². The number of hydrogen-bond acceptors (Lipinski definition) is 4. The molecule has 18 heavy (non-hydrogen) atoms. The smallest absolute Gasteiger partial charge is 0.153 e. The van der Waals surface area contributed by atoms with Crippen LogP contribution in [-0.2, 0) is 0 Å². The summed E-state index contributed by atoms with van der Waals surface area (Å²) in [5.74, 6) is 1.63. The van der Waals surface area contributed by atoms with E-state index in [4.69, 9.17) is 0 Å². The summed E-state index contributed by atoms with van der Waals surface area (Å²) in [6.45, 7) is 4.96. The molecule has 0 radical (unpaired) electrons. The van der Waals surface area contributed by atoms with Gasteiger partial charge in [0.2, 0.25) is 0 Å². The third-order valence-electron chi connectivity index (χ3n) is 2.74. The van der Waals surface area contributed by atoms with Crippen LogP contribution in [0.25, 0.3) is 0 Å². The van der Waals surface area contributed by atoms with Gasteiger partial charge < -0.3 is 10.2 Å². The van der Waals surface area contributed by atoms with Gasteiger partial charge in [-0.15, -0.1) is 0 Å². The van der Waals surface area contributed by atoms with Crippen LogP contribution in [-0.4, -0.2) is 23.6 Å². The fourth-order valence-electron chi connectivity index (χ4n) is 1.68. The largest absolute Gasteiger partial charge is 0.369 e. The summed E-state index contributed by atoms with van der Waals surface area (Å²) in [6.07, 6.45) is 3.50. The van der Waals surface area contributed by atoms with E-state index in [1.807, 2.05) is 18.9 Å². The monoisotopic (exact) mass is 242 g/mol. The van der Waals surface area contributed by atoms with Crippen LogP contribution in [0.3, 0.4) is 0 Å². The zero-order valence-corrected chi connectivity index (χ0v) is 11.0. The number of aromatic nitrogens is 2. The molecule has 1 N–H and O–H groups in total. The van der Waals surface area contributed by atoms with Crippen molar-refractivity contribution >= 4 is 17.3 Å². The van der Waals surface area contributed by atoms with Gasteiger partial charge in [0.05, 0.1) is 12.4 Å². The molecule has 0 saturated carbocycles. The maximum absolute atomic E-state index is 4.51. The predicted octanol–water partition coefficient (Wildman–Crippen LogP) is 2.98. The minimum Gasteiger partial charge on any atom is -0.369 e. The highest BCUT2D eigenvalue weighted by Crippen LogP contribution is 2.22. The van der Waals surface area contributed by atoms with Crippen molar-refractivity contribution in [1.82, 2.24) is 9.97 Å². The van der Waals surface area contributed by atoms with E-state index in [9.17, 15) is 0 Å². The van der Waals surface area contributed by atoms with Crippen LogP contribution in [0.5, 0.6) is 0 Å². The molecule has 0 unspecified atom stereocenters. The average molecular weight is 242 g/mol. The van der Waals surface area contributed by atoms with Crippen molar-refractivity contribution in [2.75, 3.05) is 23.8 Å². The van der Waals surface area contributed by atoms with Crippen LogP contribution >= 0.6 is 0 Å². The van der Waals surface area contributed by atoms with Gasteiger partial charge in [0.1, 0.15) is 5.82 Å². The molecule has 0 amide bonds. The van der Waals surface area contributed by atoms with E-state index in [0.717, 1.165) is 23.9 Å². The Kier molecular flexibility index (Phi) is 3.77. The van der Waals surface area contributed by atoms with Crippen molar-refractivity contribution in [3.8, 4) is 0 Å². The molecule has 4 nitrogen and oxygen atoms in total. The molecule has 94 valence electrons. The third-order valence-corrected chi connectivity index (χ3v) is 2.74. The molecule has 0 spiro atoms. The molecule has 0 bridgehead atoms. The van der Waals surface area contributed by atoms with E-state index in [1.165, 1.54) is 5.56 Å². The second-order valence-corrected chi connectivity index (χ2v) is 4.19. The molecule has 0 atom stereocenters. The molecular formula is C14H18N4. The Bertz CT molecular complexity index is 507. The number of nitrogens with one attached hydrogen (secondary N) is 1. The average Bonchev–Trinajstić information content (AvgIpc) is 2.39. The van der Waals surface area contributed by atoms with E-state index in [0.29, 0.717) is 0 Å². The van der Waals surface area contributed by atoms with Crippen LogP contribution in [0, 0.1) is 6.92 Å². The highest BCUT2D eigenvalue weighted by molar-refractivity contribution is 5.59. The molecule has 0 aliphatic carbocycles. The summed E-state index contributed by atoms with van der Waals surface area (Å²) in [5.41, 5.74) is 2.35. The lowest BCUT2D eigenvalue weighted by Crippen LogP contribution is -2.12. The zero-order valence-electron chi connectivity index (χ0n) is 11.0. The maximum atomic E-state index is 4.51. The van der Waals surface area contributed by atoms with E-state index in [1.54, 1.807) is 12.4 Å². The fraction of sp³-hybridized carbons (Fsp3) is 0.286. The molecule has 4 heteroatoms. The number of nitrogens with zero attached hydrogens (tertiary/aromatic N) is 3. The van der Waals surface area contributed by atoms with E-state index < -0.39 is 0 Å². The topological polar surface area (TPSA) is 41.1 Å². The number of anilines is 3. The first-order valence-corrected chi connectivity index (χ1v) is 6.07. The Morgan fingerprint density at radius 1 is 1.17 bits per heavy atom. The Labute approximate surface area is 108 Å². The highest BCUT2D eigenvalue weighted by Gasteiger charge is 2.06. The van der Waals surface area contributed by atoms with Gasteiger partial charge in [-0.2, -0.15) is 0 Å². The summed E-state index contributed by atoms with van der Waals surface area (Å²) >= 11 is 0. The summed E-state index contributed by atoms with van der Waals surface area (Å²) in [4.78, 5) is 10.7. The molecule has 0 aliphatic rings. The van der Waals surface area contributed by atoms with Gasteiger partial charge in [-0.05, 0) is 26.0 Å². The molecule has 0 fully saturated rings. The molecule has 2 rings (SSSR count). The Hall–Kier alpha value is -2.10. The molecular weight excluding hydrogens is 224 g/mol. The van der Waals surface area contributed by atoms with Crippen molar-refractivity contribution in [1.29, 1.82) is 0 Å². The summed E-state index contributed by atoms with van der Waals surface area (Å²) in [7, 11) is 1.99. The molecule has 0 aliphatic heterocycles. The van der Waals surface area contributed by atoms with Gasteiger partial charge in [-0.3, -0.25) is 4.98 Å². The van der Waals surface area contributed by atoms with E-state index in [2.05, 4.69) is 46.5 Å². The van der Waals surface area contributed by atoms with Crippen LogP contribution < -0.4 is 10.2 Å². The number of aryl methyl sites for hydroxylation is 1. The minimum absolute atomic E-state index is 0.800. The Morgan fingerprint density at radius 2 is 1.89 bits per heavy atom. The van der Waals surface area contributed by atoms with Crippen molar-refractivity contribution in [2.45, 2.75) is 13.8 Å². The van der Waals surface area contributed by atoms with Gasteiger partial charge >= 0.3 is 0 Å². The first-order chi connectivity index (χ1) is 8.70. The lowest BCUT2D eigenvalue weighted by atomic mass is 10.2. The summed E-state index contributed by atoms with van der Waals surface area (Å²) in [6, 6.07) is 8.34. The molecule has 1 aromatic carbocycles. The van der Waals surface area contributed by atoms with Crippen molar-refractivity contribution in [2.24, 2.45) is 0 Å². The number of rotatable bonds is 4. The number of benzene rings is 1. The first-order valence-electron chi connectivity index (χ1n) is 6.07. The van der Waals surface area contributed by atoms with Crippen LogP contribution in [0.2, 0.25) is 0 Å². The normalized spacial score (nSPS) is 10.2. The van der Waals surface area contributed by atoms with Crippen LogP contribution in [0.1, 0.15) is 12.5 Å². The lowest BCUT2D eigenvalue weighted by Gasteiger charge is -2.18. The van der Waals surface area contributed by atoms with Gasteiger partial charge in [0.15, 0.2) is 5.82 Å². The van der Waals surface area contributed by atoms with E-state index >= 15 is 0 Å². The second kappa shape index (κ2) is 5.49. The van der Waals surface area contributed by atoms with Crippen molar-refractivity contribution in [3.05, 3.63) is 42.2 Å². The standard InChI is InChI=1S/C14H18N4/c1-4-16-13-9-15-10-14(17-13)18(3)12-7-5-11(2)6-8-12/h5-10H,4H2,1-3H3,(H,16,17). The second-order valence-electron chi connectivity index (χ2n) is 4.19. The third kappa shape index (κ3) is 2.77. The molecule has 1 aromatic heterocycles. The summed E-state index contributed by atoms with van der Waals surface area (Å²) in [5, 5.41) is 3.16. The van der Waals surface area contributed by atoms with Gasteiger partial charge in [-0.25, -0.2) is 4.98 Å². The quantitative estimate of drug-likeness (QED) is 0.895. The Balaban J connectivity index is 2.24. The fourth-order valence-corrected chi connectivity index (χ4v) is 1.68. The first kappa shape index (κ1) is 12.4. The highest BCUT2D eigenvalue weighted by atomic mass is 15.2. The number of hydrogen-bond donors (Lipinski definition) is 1. The van der Waals surface area contributed by atoms with Crippen molar-refractivity contribution in [3.63, 3.8) is 0 Å². The molecule has 1 heterocycles. The van der Waals surface area contributed by atoms with Gasteiger partial charge in [-0.1, -0.05) is 17.7 Å². The molecule has 0 saturated heterocycles. The molecule has 2 aromatic rings. The van der Waals surface area contributed by atoms with Crippen LogP contribution in [0.15, 0.2) is 36.7 Å². The SMILES string of the molecule is CCNc1cncc(N(C)c2ccc(C)cc2)n1. The minimum atomic E-state index is 0.800. The Morgan fingerprint density at radius 3 is 2.56 bits per heavy atom. The van der Waals surface area contributed by atoms with Crippen LogP contribution in [0.4, 0.5) is 17.3 Å².